The number of aliphatic hydroxyl groups excluding tert-OH is 1. The third kappa shape index (κ3) is 3.10. The first-order chi connectivity index (χ1) is 9.55. The molecule has 0 spiro atoms. The van der Waals surface area contributed by atoms with Crippen molar-refractivity contribution in [3.05, 3.63) is 52.3 Å². The number of hydrogen-bond donors (Lipinski definition) is 1. The number of rotatable bonds is 5. The first kappa shape index (κ1) is 14.8. The molecule has 108 valence electrons. The molecule has 0 bridgehead atoms. The van der Waals surface area contributed by atoms with Gasteiger partial charge in [-0.1, -0.05) is 30.7 Å². The molecule has 0 aliphatic rings. The van der Waals surface area contributed by atoms with E-state index in [2.05, 4.69) is 51.0 Å². The van der Waals surface area contributed by atoms with Gasteiger partial charge in [-0.25, -0.2) is 0 Å². The van der Waals surface area contributed by atoms with E-state index in [-0.39, 0.29) is 0 Å². The molecule has 0 amide bonds. The zero-order valence-corrected chi connectivity index (χ0v) is 12.8. The topological polar surface area (TPSA) is 38.0 Å². The fraction of sp³-hybridized carbons (Fsp3) is 0.471. The molecule has 0 fully saturated rings. The second-order valence-corrected chi connectivity index (χ2v) is 5.38. The van der Waals surface area contributed by atoms with Crippen LogP contribution in [0.4, 0.5) is 0 Å². The molecule has 1 heterocycles. The average Bonchev–Trinajstić information content (AvgIpc) is 2.86. The highest BCUT2D eigenvalue weighted by molar-refractivity contribution is 5.31. The summed E-state index contributed by atoms with van der Waals surface area (Å²) in [5.41, 5.74) is 5.63. The van der Waals surface area contributed by atoms with Crippen molar-refractivity contribution in [1.29, 1.82) is 0 Å². The van der Waals surface area contributed by atoms with E-state index in [0.717, 1.165) is 24.4 Å². The molecular weight excluding hydrogens is 248 g/mol. The Morgan fingerprint density at radius 2 is 1.95 bits per heavy atom. The Morgan fingerprint density at radius 1 is 1.20 bits per heavy atom. The molecule has 2 aromatic rings. The van der Waals surface area contributed by atoms with E-state index in [0.29, 0.717) is 6.42 Å². The van der Waals surface area contributed by atoms with Gasteiger partial charge in [0.25, 0.3) is 0 Å². The molecular formula is C17H24N2O. The van der Waals surface area contributed by atoms with Gasteiger partial charge >= 0.3 is 0 Å². The molecule has 0 aliphatic carbocycles. The van der Waals surface area contributed by atoms with E-state index in [1.807, 2.05) is 10.7 Å². The molecule has 0 saturated heterocycles. The monoisotopic (exact) mass is 272 g/mol. The summed E-state index contributed by atoms with van der Waals surface area (Å²) in [6.07, 6.45) is 1.04. The van der Waals surface area contributed by atoms with Crippen LogP contribution in [0.25, 0.3) is 0 Å². The Kier molecular flexibility index (Phi) is 4.61. The molecule has 1 atom stereocenters. The van der Waals surface area contributed by atoms with Crippen LogP contribution in [0.15, 0.2) is 24.3 Å². The molecule has 1 aromatic carbocycles. The standard InChI is InChI=1S/C17H24N2O/c1-5-15-11-16(19(6-2)18-15)17(20)10-14-9-12(3)7-8-13(14)4/h7-9,11,17,20H,5-6,10H2,1-4H3. The van der Waals surface area contributed by atoms with Crippen LogP contribution in [0.3, 0.4) is 0 Å². The third-order valence-electron chi connectivity index (χ3n) is 3.78. The van der Waals surface area contributed by atoms with Crippen molar-refractivity contribution in [2.75, 3.05) is 0 Å². The molecule has 20 heavy (non-hydrogen) atoms. The quantitative estimate of drug-likeness (QED) is 0.906. The van der Waals surface area contributed by atoms with Gasteiger partial charge in [-0.2, -0.15) is 5.10 Å². The minimum Gasteiger partial charge on any atom is -0.386 e. The second kappa shape index (κ2) is 6.23. The van der Waals surface area contributed by atoms with Gasteiger partial charge in [0.1, 0.15) is 0 Å². The lowest BCUT2D eigenvalue weighted by Crippen LogP contribution is -2.10. The summed E-state index contributed by atoms with van der Waals surface area (Å²) >= 11 is 0. The summed E-state index contributed by atoms with van der Waals surface area (Å²) in [6.45, 7) is 9.11. The largest absolute Gasteiger partial charge is 0.386 e. The second-order valence-electron chi connectivity index (χ2n) is 5.38. The van der Waals surface area contributed by atoms with Gasteiger partial charge in [0, 0.05) is 13.0 Å². The molecule has 2 rings (SSSR count). The van der Waals surface area contributed by atoms with Gasteiger partial charge in [-0.3, -0.25) is 4.68 Å². The number of aliphatic hydroxyl groups is 1. The van der Waals surface area contributed by atoms with Crippen molar-refractivity contribution in [2.45, 2.75) is 53.2 Å². The van der Waals surface area contributed by atoms with Crippen LogP contribution >= 0.6 is 0 Å². The predicted molar refractivity (Wildman–Crippen MR) is 81.9 cm³/mol. The van der Waals surface area contributed by atoms with Crippen molar-refractivity contribution in [1.82, 2.24) is 9.78 Å². The van der Waals surface area contributed by atoms with Crippen molar-refractivity contribution in [3.8, 4) is 0 Å². The van der Waals surface area contributed by atoms with Gasteiger partial charge in [-0.05, 0) is 44.4 Å². The van der Waals surface area contributed by atoms with Crippen molar-refractivity contribution < 1.29 is 5.11 Å². The highest BCUT2D eigenvalue weighted by Gasteiger charge is 2.16. The van der Waals surface area contributed by atoms with E-state index >= 15 is 0 Å². The van der Waals surface area contributed by atoms with E-state index in [4.69, 9.17) is 0 Å². The normalized spacial score (nSPS) is 12.7. The highest BCUT2D eigenvalue weighted by atomic mass is 16.3. The molecule has 1 aromatic heterocycles. The van der Waals surface area contributed by atoms with Crippen LogP contribution in [-0.2, 0) is 19.4 Å². The number of hydrogen-bond acceptors (Lipinski definition) is 2. The SMILES string of the molecule is CCc1cc(C(O)Cc2cc(C)ccc2C)n(CC)n1. The number of aryl methyl sites for hydroxylation is 4. The van der Waals surface area contributed by atoms with Gasteiger partial charge < -0.3 is 5.11 Å². The first-order valence-corrected chi connectivity index (χ1v) is 7.36. The third-order valence-corrected chi connectivity index (χ3v) is 3.78. The van der Waals surface area contributed by atoms with Gasteiger partial charge in [0.15, 0.2) is 0 Å². The smallest absolute Gasteiger partial charge is 0.0997 e. The molecule has 0 saturated carbocycles. The Labute approximate surface area is 121 Å². The fourth-order valence-electron chi connectivity index (χ4n) is 2.51. The van der Waals surface area contributed by atoms with Crippen molar-refractivity contribution in [2.24, 2.45) is 0 Å². The molecule has 0 radical (unpaired) electrons. The van der Waals surface area contributed by atoms with E-state index < -0.39 is 6.10 Å². The van der Waals surface area contributed by atoms with E-state index in [1.165, 1.54) is 16.7 Å². The van der Waals surface area contributed by atoms with Gasteiger partial charge in [-0.15, -0.1) is 0 Å². The van der Waals surface area contributed by atoms with Crippen LogP contribution in [0.5, 0.6) is 0 Å². The zero-order valence-electron chi connectivity index (χ0n) is 12.8. The van der Waals surface area contributed by atoms with Crippen molar-refractivity contribution in [3.63, 3.8) is 0 Å². The van der Waals surface area contributed by atoms with Crippen LogP contribution in [0, 0.1) is 13.8 Å². The lowest BCUT2D eigenvalue weighted by Gasteiger charge is -2.14. The number of benzene rings is 1. The number of nitrogens with zero attached hydrogens (tertiary/aromatic N) is 2. The molecule has 3 heteroatoms. The van der Waals surface area contributed by atoms with Crippen LogP contribution in [0.2, 0.25) is 0 Å². The maximum absolute atomic E-state index is 10.5. The molecule has 1 unspecified atom stereocenters. The maximum atomic E-state index is 10.5. The number of aromatic nitrogens is 2. The van der Waals surface area contributed by atoms with Crippen LogP contribution < -0.4 is 0 Å². The Bertz CT molecular complexity index is 587. The fourth-order valence-corrected chi connectivity index (χ4v) is 2.51. The summed E-state index contributed by atoms with van der Waals surface area (Å²) in [7, 11) is 0. The first-order valence-electron chi connectivity index (χ1n) is 7.36. The summed E-state index contributed by atoms with van der Waals surface area (Å²) in [4.78, 5) is 0. The average molecular weight is 272 g/mol. The maximum Gasteiger partial charge on any atom is 0.0997 e. The Morgan fingerprint density at radius 3 is 2.60 bits per heavy atom. The molecule has 1 N–H and O–H groups in total. The van der Waals surface area contributed by atoms with Crippen molar-refractivity contribution >= 4 is 0 Å². The minimum atomic E-state index is -0.497. The van der Waals surface area contributed by atoms with Gasteiger partial charge in [0.2, 0.25) is 0 Å². The zero-order chi connectivity index (χ0) is 14.7. The Hall–Kier alpha value is -1.61. The summed E-state index contributed by atoms with van der Waals surface area (Å²) in [5, 5.41) is 15.1. The van der Waals surface area contributed by atoms with Crippen LogP contribution in [0.1, 0.15) is 48.0 Å². The lowest BCUT2D eigenvalue weighted by molar-refractivity contribution is 0.167. The Balaban J connectivity index is 2.25. The highest BCUT2D eigenvalue weighted by Crippen LogP contribution is 2.22. The molecule has 0 aliphatic heterocycles. The van der Waals surface area contributed by atoms with E-state index in [9.17, 15) is 5.11 Å². The summed E-state index contributed by atoms with van der Waals surface area (Å²) in [6, 6.07) is 8.41. The predicted octanol–water partition coefficient (Wildman–Crippen LogP) is 3.36. The van der Waals surface area contributed by atoms with Gasteiger partial charge in [0.05, 0.1) is 17.5 Å². The lowest BCUT2D eigenvalue weighted by atomic mass is 9.99. The van der Waals surface area contributed by atoms with Crippen LogP contribution in [-0.4, -0.2) is 14.9 Å². The van der Waals surface area contributed by atoms with E-state index in [1.54, 1.807) is 0 Å². The summed E-state index contributed by atoms with van der Waals surface area (Å²) < 4.78 is 1.91. The minimum absolute atomic E-state index is 0.497. The molecule has 3 nitrogen and oxygen atoms in total. The summed E-state index contributed by atoms with van der Waals surface area (Å²) in [5.74, 6) is 0.